The Kier molecular flexibility index (Phi) is 6.11. The molecule has 2 heterocycles. The molecule has 3 aromatic rings. The van der Waals surface area contributed by atoms with E-state index in [0.29, 0.717) is 36.9 Å². The van der Waals surface area contributed by atoms with E-state index in [1.165, 1.54) is 17.4 Å². The molecule has 0 saturated carbocycles. The summed E-state index contributed by atoms with van der Waals surface area (Å²) in [6.07, 6.45) is 0. The Labute approximate surface area is 182 Å². The van der Waals surface area contributed by atoms with Crippen LogP contribution in [0.15, 0.2) is 48.5 Å². The molecule has 1 aliphatic rings. The number of amides is 2. The van der Waals surface area contributed by atoms with Gasteiger partial charge >= 0.3 is 0 Å². The van der Waals surface area contributed by atoms with Crippen molar-refractivity contribution in [3.05, 3.63) is 76.9 Å². The van der Waals surface area contributed by atoms with Crippen molar-refractivity contribution in [2.75, 3.05) is 31.6 Å². The van der Waals surface area contributed by atoms with Crippen LogP contribution in [0.5, 0.6) is 0 Å². The SMILES string of the molecule is Cc1c(-c2ccccc2)sc(NC(=O)c2ccc(F)c(F)c2)c1C(=O)N1CCOCC1. The van der Waals surface area contributed by atoms with E-state index in [0.717, 1.165) is 28.1 Å². The molecule has 0 radical (unpaired) electrons. The topological polar surface area (TPSA) is 58.6 Å². The summed E-state index contributed by atoms with van der Waals surface area (Å²) in [5.41, 5.74) is 2.06. The number of ether oxygens (including phenoxy) is 1. The molecule has 160 valence electrons. The molecule has 2 aromatic carbocycles. The van der Waals surface area contributed by atoms with Gasteiger partial charge in [0.1, 0.15) is 5.00 Å². The van der Waals surface area contributed by atoms with Crippen LogP contribution in [0.3, 0.4) is 0 Å². The van der Waals surface area contributed by atoms with Crippen molar-refractivity contribution in [1.29, 1.82) is 0 Å². The average Bonchev–Trinajstić information content (AvgIpc) is 3.11. The Bertz CT molecular complexity index is 1130. The van der Waals surface area contributed by atoms with Crippen LogP contribution < -0.4 is 5.32 Å². The zero-order chi connectivity index (χ0) is 22.0. The molecular formula is C23H20F2N2O3S. The molecule has 0 atom stereocenters. The number of benzene rings is 2. The Hall–Kier alpha value is -3.10. The maximum atomic E-state index is 13.6. The molecule has 1 saturated heterocycles. The summed E-state index contributed by atoms with van der Waals surface area (Å²) in [6, 6.07) is 12.5. The molecule has 4 rings (SSSR count). The Morgan fingerprint density at radius 3 is 2.42 bits per heavy atom. The third-order valence-electron chi connectivity index (χ3n) is 5.10. The maximum Gasteiger partial charge on any atom is 0.257 e. The fourth-order valence-electron chi connectivity index (χ4n) is 3.46. The first kappa shape index (κ1) is 21.1. The highest BCUT2D eigenvalue weighted by Gasteiger charge is 2.28. The molecule has 1 aliphatic heterocycles. The third-order valence-corrected chi connectivity index (χ3v) is 6.36. The van der Waals surface area contributed by atoms with Crippen LogP contribution in [0.1, 0.15) is 26.3 Å². The number of hydrogen-bond donors (Lipinski definition) is 1. The zero-order valence-corrected chi connectivity index (χ0v) is 17.6. The quantitative estimate of drug-likeness (QED) is 0.636. The van der Waals surface area contributed by atoms with Crippen LogP contribution in [0.2, 0.25) is 0 Å². The van der Waals surface area contributed by atoms with Crippen LogP contribution in [-0.4, -0.2) is 43.0 Å². The van der Waals surface area contributed by atoms with Crippen LogP contribution in [0, 0.1) is 18.6 Å². The Balaban J connectivity index is 1.73. The lowest BCUT2D eigenvalue weighted by atomic mass is 10.1. The van der Waals surface area contributed by atoms with Crippen molar-refractivity contribution >= 4 is 28.2 Å². The van der Waals surface area contributed by atoms with E-state index in [4.69, 9.17) is 4.74 Å². The number of rotatable bonds is 4. The highest BCUT2D eigenvalue weighted by molar-refractivity contribution is 7.20. The van der Waals surface area contributed by atoms with E-state index in [1.807, 2.05) is 37.3 Å². The summed E-state index contributed by atoms with van der Waals surface area (Å²) < 4.78 is 32.2. The highest BCUT2D eigenvalue weighted by Crippen LogP contribution is 2.40. The van der Waals surface area contributed by atoms with Gasteiger partial charge in [-0.05, 0) is 36.2 Å². The minimum absolute atomic E-state index is 0.0315. The van der Waals surface area contributed by atoms with Gasteiger partial charge in [0.15, 0.2) is 11.6 Å². The number of halogens is 2. The lowest BCUT2D eigenvalue weighted by Crippen LogP contribution is -2.41. The number of nitrogens with one attached hydrogen (secondary N) is 1. The van der Waals surface area contributed by atoms with Crippen molar-refractivity contribution in [1.82, 2.24) is 4.90 Å². The largest absolute Gasteiger partial charge is 0.378 e. The molecule has 1 fully saturated rings. The van der Waals surface area contributed by atoms with Gasteiger partial charge in [0.2, 0.25) is 0 Å². The van der Waals surface area contributed by atoms with Crippen molar-refractivity contribution in [3.8, 4) is 10.4 Å². The van der Waals surface area contributed by atoms with Gasteiger partial charge in [0.25, 0.3) is 11.8 Å². The van der Waals surface area contributed by atoms with E-state index in [9.17, 15) is 18.4 Å². The first-order chi connectivity index (χ1) is 15.0. The lowest BCUT2D eigenvalue weighted by Gasteiger charge is -2.27. The first-order valence-corrected chi connectivity index (χ1v) is 10.6. The number of anilines is 1. The predicted octanol–water partition coefficient (Wildman–Crippen LogP) is 4.73. The lowest BCUT2D eigenvalue weighted by molar-refractivity contribution is 0.0303. The molecule has 31 heavy (non-hydrogen) atoms. The second-order valence-corrected chi connectivity index (χ2v) is 8.13. The number of morpholine rings is 1. The van der Waals surface area contributed by atoms with Crippen molar-refractivity contribution in [2.45, 2.75) is 6.92 Å². The molecular weight excluding hydrogens is 422 g/mol. The van der Waals surface area contributed by atoms with Gasteiger partial charge in [-0.3, -0.25) is 9.59 Å². The summed E-state index contributed by atoms with van der Waals surface area (Å²) >= 11 is 1.28. The van der Waals surface area contributed by atoms with Crippen LogP contribution in [-0.2, 0) is 4.74 Å². The molecule has 1 N–H and O–H groups in total. The minimum Gasteiger partial charge on any atom is -0.378 e. The smallest absolute Gasteiger partial charge is 0.257 e. The van der Waals surface area contributed by atoms with Gasteiger partial charge < -0.3 is 15.0 Å². The average molecular weight is 442 g/mol. The fraction of sp³-hybridized carbons (Fsp3) is 0.217. The molecule has 1 aromatic heterocycles. The molecule has 0 bridgehead atoms. The van der Waals surface area contributed by atoms with Gasteiger partial charge in [-0.25, -0.2) is 8.78 Å². The highest BCUT2D eigenvalue weighted by atomic mass is 32.1. The van der Waals surface area contributed by atoms with E-state index >= 15 is 0 Å². The second-order valence-electron chi connectivity index (χ2n) is 7.11. The second kappa shape index (κ2) is 8.95. The summed E-state index contributed by atoms with van der Waals surface area (Å²) in [5, 5.41) is 3.11. The van der Waals surface area contributed by atoms with Crippen molar-refractivity contribution in [2.24, 2.45) is 0 Å². The van der Waals surface area contributed by atoms with Gasteiger partial charge in [-0.2, -0.15) is 0 Å². The Morgan fingerprint density at radius 1 is 1.03 bits per heavy atom. The van der Waals surface area contributed by atoms with Crippen LogP contribution in [0.25, 0.3) is 10.4 Å². The monoisotopic (exact) mass is 442 g/mol. The molecule has 0 unspecified atom stereocenters. The minimum atomic E-state index is -1.11. The van der Waals surface area contributed by atoms with E-state index in [1.54, 1.807) is 4.90 Å². The fourth-order valence-corrected chi connectivity index (χ4v) is 4.66. The first-order valence-electron chi connectivity index (χ1n) is 9.78. The number of nitrogens with zero attached hydrogens (tertiary/aromatic N) is 1. The van der Waals surface area contributed by atoms with E-state index < -0.39 is 17.5 Å². The molecule has 0 spiro atoms. The molecule has 0 aliphatic carbocycles. The molecule has 5 nitrogen and oxygen atoms in total. The molecule has 8 heteroatoms. The third kappa shape index (κ3) is 4.35. The van der Waals surface area contributed by atoms with Gasteiger partial charge in [0, 0.05) is 23.5 Å². The van der Waals surface area contributed by atoms with Crippen molar-refractivity contribution in [3.63, 3.8) is 0 Å². The number of hydrogen-bond acceptors (Lipinski definition) is 4. The van der Waals surface area contributed by atoms with Crippen LogP contribution >= 0.6 is 11.3 Å². The van der Waals surface area contributed by atoms with Crippen LogP contribution in [0.4, 0.5) is 13.8 Å². The maximum absolute atomic E-state index is 13.6. The standard InChI is InChI=1S/C23H20F2N2O3S/c1-14-19(23(29)27-9-11-30-12-10-27)22(31-20(14)15-5-3-2-4-6-15)26-21(28)16-7-8-17(24)18(25)13-16/h2-8,13H,9-12H2,1H3,(H,26,28). The van der Waals surface area contributed by atoms with E-state index in [-0.39, 0.29) is 11.5 Å². The summed E-state index contributed by atoms with van der Waals surface area (Å²) in [6.45, 7) is 3.68. The summed E-state index contributed by atoms with van der Waals surface area (Å²) in [4.78, 5) is 28.6. The zero-order valence-electron chi connectivity index (χ0n) is 16.8. The molecule has 2 amide bonds. The number of carbonyl (C=O) groups excluding carboxylic acids is 2. The number of thiophene rings is 1. The van der Waals surface area contributed by atoms with Gasteiger partial charge in [0.05, 0.1) is 18.8 Å². The number of carbonyl (C=O) groups is 2. The van der Waals surface area contributed by atoms with E-state index in [2.05, 4.69) is 5.32 Å². The van der Waals surface area contributed by atoms with Gasteiger partial charge in [-0.1, -0.05) is 30.3 Å². The van der Waals surface area contributed by atoms with Crippen molar-refractivity contribution < 1.29 is 23.1 Å². The summed E-state index contributed by atoms with van der Waals surface area (Å²) in [5.74, 6) is -2.95. The van der Waals surface area contributed by atoms with Gasteiger partial charge in [-0.15, -0.1) is 11.3 Å². The Morgan fingerprint density at radius 2 is 1.74 bits per heavy atom. The predicted molar refractivity (Wildman–Crippen MR) is 116 cm³/mol. The normalized spacial score (nSPS) is 13.8. The summed E-state index contributed by atoms with van der Waals surface area (Å²) in [7, 11) is 0.